The molecule has 1 heterocycles. The van der Waals surface area contributed by atoms with Gasteiger partial charge in [0.1, 0.15) is 5.82 Å². The molecule has 1 N–H and O–H groups in total. The summed E-state index contributed by atoms with van der Waals surface area (Å²) >= 11 is 0. The quantitative estimate of drug-likeness (QED) is 0.933. The normalized spacial score (nSPS) is 24.4. The van der Waals surface area contributed by atoms with Crippen LogP contribution in [-0.2, 0) is 9.59 Å². The highest BCUT2D eigenvalue weighted by molar-refractivity contribution is 5.87. The van der Waals surface area contributed by atoms with Crippen molar-refractivity contribution < 1.29 is 19.1 Å². The Hall–Kier alpha value is -2.17. The maximum absolute atomic E-state index is 12.9. The molecule has 22 heavy (non-hydrogen) atoms. The zero-order valence-corrected chi connectivity index (χ0v) is 12.2. The second kappa shape index (κ2) is 5.91. The Morgan fingerprint density at radius 3 is 2.32 bits per heavy atom. The molecule has 2 aliphatic rings. The van der Waals surface area contributed by atoms with Gasteiger partial charge in [0, 0.05) is 13.1 Å². The van der Waals surface area contributed by atoms with Crippen LogP contribution in [0.5, 0.6) is 0 Å². The standard InChI is InChI=1S/C17H18FNO3/c18-13-3-1-11(2-4-13)12-7-9-19(10-8-12)16(20)14-5-6-15(14)17(21)22/h1-4,7,14-15H,5-6,8-10H2,(H,21,22). The average Bonchev–Trinajstić information content (AvgIpc) is 2.46. The molecular formula is C17H18FNO3. The van der Waals surface area contributed by atoms with Crippen molar-refractivity contribution in [2.24, 2.45) is 11.8 Å². The summed E-state index contributed by atoms with van der Waals surface area (Å²) < 4.78 is 12.9. The van der Waals surface area contributed by atoms with E-state index in [1.54, 1.807) is 17.0 Å². The summed E-state index contributed by atoms with van der Waals surface area (Å²) in [5.74, 6) is -2.06. The van der Waals surface area contributed by atoms with Crippen LogP contribution in [0.1, 0.15) is 24.8 Å². The largest absolute Gasteiger partial charge is 0.481 e. The number of nitrogens with zero attached hydrogens (tertiary/aromatic N) is 1. The lowest BCUT2D eigenvalue weighted by Gasteiger charge is -2.37. The van der Waals surface area contributed by atoms with Crippen LogP contribution in [-0.4, -0.2) is 35.0 Å². The first kappa shape index (κ1) is 14.8. The van der Waals surface area contributed by atoms with Crippen molar-refractivity contribution in [2.75, 3.05) is 13.1 Å². The van der Waals surface area contributed by atoms with Crippen molar-refractivity contribution in [2.45, 2.75) is 19.3 Å². The summed E-state index contributed by atoms with van der Waals surface area (Å²) in [4.78, 5) is 25.1. The van der Waals surface area contributed by atoms with E-state index in [-0.39, 0.29) is 17.6 Å². The molecule has 0 aromatic heterocycles. The van der Waals surface area contributed by atoms with E-state index in [2.05, 4.69) is 0 Å². The number of carboxylic acids is 1. The van der Waals surface area contributed by atoms with E-state index in [0.717, 1.165) is 11.1 Å². The Kier molecular flexibility index (Phi) is 3.96. The highest BCUT2D eigenvalue weighted by atomic mass is 19.1. The van der Waals surface area contributed by atoms with Gasteiger partial charge in [0.2, 0.25) is 5.91 Å². The van der Waals surface area contributed by atoms with Gasteiger partial charge in [-0.2, -0.15) is 0 Å². The van der Waals surface area contributed by atoms with Crippen LogP contribution >= 0.6 is 0 Å². The summed E-state index contributed by atoms with van der Waals surface area (Å²) in [6.07, 6.45) is 3.95. The lowest BCUT2D eigenvalue weighted by atomic mass is 9.72. The number of aliphatic carboxylic acids is 1. The molecule has 3 rings (SSSR count). The molecule has 1 aliphatic heterocycles. The smallest absolute Gasteiger partial charge is 0.307 e. The third-order valence-electron chi connectivity index (χ3n) is 4.64. The Balaban J connectivity index is 1.64. The number of hydrogen-bond acceptors (Lipinski definition) is 2. The first-order valence-electron chi connectivity index (χ1n) is 7.53. The average molecular weight is 303 g/mol. The predicted octanol–water partition coefficient (Wildman–Crippen LogP) is 2.55. The molecule has 0 saturated heterocycles. The highest BCUT2D eigenvalue weighted by Crippen LogP contribution is 2.36. The van der Waals surface area contributed by atoms with Gasteiger partial charge in [-0.1, -0.05) is 18.2 Å². The zero-order valence-electron chi connectivity index (χ0n) is 12.2. The van der Waals surface area contributed by atoms with E-state index >= 15 is 0 Å². The molecule has 0 spiro atoms. The monoisotopic (exact) mass is 303 g/mol. The summed E-state index contributed by atoms with van der Waals surface area (Å²) in [6.45, 7) is 1.08. The third kappa shape index (κ3) is 2.75. The molecule has 2 atom stereocenters. The third-order valence-corrected chi connectivity index (χ3v) is 4.64. The van der Waals surface area contributed by atoms with Crippen LogP contribution in [0.4, 0.5) is 4.39 Å². The molecule has 0 bridgehead atoms. The minimum atomic E-state index is -0.871. The fraction of sp³-hybridized carbons (Fsp3) is 0.412. The van der Waals surface area contributed by atoms with Crippen molar-refractivity contribution in [3.63, 3.8) is 0 Å². The van der Waals surface area contributed by atoms with E-state index in [1.807, 2.05) is 6.08 Å². The van der Waals surface area contributed by atoms with Crippen molar-refractivity contribution in [1.82, 2.24) is 4.90 Å². The van der Waals surface area contributed by atoms with Gasteiger partial charge >= 0.3 is 5.97 Å². The molecule has 1 fully saturated rings. The predicted molar refractivity (Wildman–Crippen MR) is 79.4 cm³/mol. The van der Waals surface area contributed by atoms with E-state index in [0.29, 0.717) is 32.4 Å². The molecule has 1 amide bonds. The summed E-state index contributed by atoms with van der Waals surface area (Å²) in [6, 6.07) is 6.34. The lowest BCUT2D eigenvalue weighted by molar-refractivity contribution is -0.156. The van der Waals surface area contributed by atoms with E-state index in [1.165, 1.54) is 12.1 Å². The first-order valence-corrected chi connectivity index (χ1v) is 7.53. The molecule has 0 radical (unpaired) electrons. The van der Waals surface area contributed by atoms with Crippen LogP contribution in [0.3, 0.4) is 0 Å². The molecule has 116 valence electrons. The number of amides is 1. The van der Waals surface area contributed by atoms with E-state index < -0.39 is 11.9 Å². The molecule has 2 unspecified atom stereocenters. The van der Waals surface area contributed by atoms with Gasteiger partial charge in [0.05, 0.1) is 11.8 Å². The molecule has 1 aromatic carbocycles. The number of carboxylic acid groups (broad SMARTS) is 1. The number of hydrogen-bond donors (Lipinski definition) is 1. The van der Waals surface area contributed by atoms with Gasteiger partial charge in [-0.15, -0.1) is 0 Å². The number of benzene rings is 1. The fourth-order valence-corrected chi connectivity index (χ4v) is 3.12. The minimum absolute atomic E-state index is 0.0481. The van der Waals surface area contributed by atoms with Gasteiger partial charge in [0.15, 0.2) is 0 Å². The SMILES string of the molecule is O=C(O)C1CCC1C(=O)N1CC=C(c2ccc(F)cc2)CC1. The van der Waals surface area contributed by atoms with Gasteiger partial charge in [0.25, 0.3) is 0 Å². The summed E-state index contributed by atoms with van der Waals surface area (Å²) in [5.41, 5.74) is 2.08. The van der Waals surface area contributed by atoms with Gasteiger partial charge < -0.3 is 10.0 Å². The van der Waals surface area contributed by atoms with Crippen molar-refractivity contribution in [1.29, 1.82) is 0 Å². The minimum Gasteiger partial charge on any atom is -0.481 e. The lowest BCUT2D eigenvalue weighted by Crippen LogP contribution is -2.47. The number of carbonyl (C=O) groups excluding carboxylic acids is 1. The topological polar surface area (TPSA) is 57.6 Å². The van der Waals surface area contributed by atoms with Gasteiger partial charge in [-0.25, -0.2) is 4.39 Å². The molecule has 1 saturated carbocycles. The van der Waals surface area contributed by atoms with E-state index in [4.69, 9.17) is 5.11 Å². The Labute approximate surface area is 128 Å². The van der Waals surface area contributed by atoms with Crippen molar-refractivity contribution in [3.8, 4) is 0 Å². The fourth-order valence-electron chi connectivity index (χ4n) is 3.12. The zero-order chi connectivity index (χ0) is 15.7. The van der Waals surface area contributed by atoms with Crippen LogP contribution < -0.4 is 0 Å². The number of halogens is 1. The summed E-state index contributed by atoms with van der Waals surface area (Å²) in [7, 11) is 0. The molecule has 4 nitrogen and oxygen atoms in total. The van der Waals surface area contributed by atoms with Crippen molar-refractivity contribution >= 4 is 17.4 Å². The van der Waals surface area contributed by atoms with Crippen LogP contribution in [0.25, 0.3) is 5.57 Å². The van der Waals surface area contributed by atoms with Crippen molar-refractivity contribution in [3.05, 3.63) is 41.7 Å². The van der Waals surface area contributed by atoms with Crippen LogP contribution in [0, 0.1) is 17.7 Å². The van der Waals surface area contributed by atoms with Gasteiger partial charge in [-0.05, 0) is 42.5 Å². The van der Waals surface area contributed by atoms with Gasteiger partial charge in [-0.3, -0.25) is 9.59 Å². The van der Waals surface area contributed by atoms with Crippen LogP contribution in [0.2, 0.25) is 0 Å². The van der Waals surface area contributed by atoms with Crippen LogP contribution in [0.15, 0.2) is 30.3 Å². The maximum atomic E-state index is 12.9. The van der Waals surface area contributed by atoms with E-state index in [9.17, 15) is 14.0 Å². The Bertz CT molecular complexity index is 623. The summed E-state index contributed by atoms with van der Waals surface area (Å²) in [5, 5.41) is 9.05. The second-order valence-corrected chi connectivity index (χ2v) is 5.90. The number of carbonyl (C=O) groups is 2. The maximum Gasteiger partial charge on any atom is 0.307 e. The Morgan fingerprint density at radius 1 is 1.14 bits per heavy atom. The number of rotatable bonds is 3. The molecule has 1 aromatic rings. The molecular weight excluding hydrogens is 285 g/mol. The molecule has 1 aliphatic carbocycles. The second-order valence-electron chi connectivity index (χ2n) is 5.90. The molecule has 5 heteroatoms. The first-order chi connectivity index (χ1) is 10.6. The Morgan fingerprint density at radius 2 is 1.82 bits per heavy atom. The highest BCUT2D eigenvalue weighted by Gasteiger charge is 2.43.